The maximum Gasteiger partial charge on any atom is 0.328 e. The maximum atomic E-state index is 13.9. The van der Waals surface area contributed by atoms with Crippen molar-refractivity contribution in [3.05, 3.63) is 71.4 Å². The summed E-state index contributed by atoms with van der Waals surface area (Å²) in [5.41, 5.74) is 2.49. The number of ether oxygens (including phenoxy) is 1. The number of urea groups is 1. The number of imide groups is 1. The molecule has 3 aliphatic rings. The number of phenolic OH excluding ortho intramolecular Hbond substituents is 1. The molecule has 35 heavy (non-hydrogen) atoms. The number of aromatic hydroxyl groups is 1. The van der Waals surface area contributed by atoms with Crippen LogP contribution < -0.4 is 4.74 Å². The summed E-state index contributed by atoms with van der Waals surface area (Å²) < 4.78 is 5.46. The number of nitrogens with one attached hydrogen (secondary N) is 1. The van der Waals surface area contributed by atoms with Crippen molar-refractivity contribution in [2.45, 2.75) is 24.9 Å². The minimum Gasteiger partial charge on any atom is -0.508 e. The number of nitrogens with zero attached hydrogens (tertiary/aromatic N) is 3. The number of rotatable bonds is 5. The number of carbonyl (C=O) groups excluding carboxylic acids is 2. The van der Waals surface area contributed by atoms with Gasteiger partial charge in [0.1, 0.15) is 23.1 Å². The second-order valence-electron chi connectivity index (χ2n) is 9.72. The Morgan fingerprint density at radius 3 is 2.66 bits per heavy atom. The Bertz CT molecular complexity index is 1370. The van der Waals surface area contributed by atoms with E-state index in [0.29, 0.717) is 19.5 Å². The number of amides is 3. The molecule has 180 valence electrons. The van der Waals surface area contributed by atoms with Crippen LogP contribution in [-0.4, -0.2) is 75.6 Å². The molecule has 1 saturated heterocycles. The van der Waals surface area contributed by atoms with E-state index in [2.05, 4.69) is 22.0 Å². The van der Waals surface area contributed by atoms with E-state index in [-0.39, 0.29) is 17.7 Å². The molecule has 0 unspecified atom stereocenters. The third-order valence-corrected chi connectivity index (χ3v) is 7.59. The van der Waals surface area contributed by atoms with Crippen LogP contribution in [0.2, 0.25) is 0 Å². The molecule has 8 heteroatoms. The Balaban J connectivity index is 1.48. The third-order valence-electron chi connectivity index (χ3n) is 7.59. The topological polar surface area (TPSA) is 89.1 Å². The molecule has 6 rings (SSSR count). The molecule has 1 fully saturated rings. The molecule has 0 spiro atoms. The van der Waals surface area contributed by atoms with Gasteiger partial charge in [0.05, 0.1) is 7.11 Å². The number of phenols is 1. The van der Waals surface area contributed by atoms with E-state index in [1.54, 1.807) is 30.2 Å². The lowest BCUT2D eigenvalue weighted by Gasteiger charge is -2.42. The standard InChI is InChI=1S/C27H28N4O4/c1-27-16-21-20-15-19(35-2)8-9-22(20)28-23(21)24(17-6-5-7-18(32)14-17)31(27)26(34)30(25(27)33)13-12-29-10-3-4-11-29/h3-9,14-15,24,28,32H,10-13,16H2,1-2H3/t24-,27+/m1/s1. The zero-order valence-corrected chi connectivity index (χ0v) is 19.8. The van der Waals surface area contributed by atoms with E-state index in [9.17, 15) is 14.7 Å². The van der Waals surface area contributed by atoms with Gasteiger partial charge in [-0.05, 0) is 48.4 Å². The highest BCUT2D eigenvalue weighted by molar-refractivity contribution is 6.08. The molecule has 0 aliphatic carbocycles. The molecule has 4 heterocycles. The van der Waals surface area contributed by atoms with Crippen molar-refractivity contribution >= 4 is 22.8 Å². The Labute approximate surface area is 203 Å². The van der Waals surface area contributed by atoms with Gasteiger partial charge in [0.15, 0.2) is 0 Å². The molecule has 1 aromatic heterocycles. The van der Waals surface area contributed by atoms with Crippen molar-refractivity contribution in [1.82, 2.24) is 19.7 Å². The Morgan fingerprint density at radius 2 is 1.91 bits per heavy atom. The SMILES string of the molecule is COc1ccc2[nH]c3c(c2c1)C[C@@]1(C)C(=O)N(CCN2CC=CC2)C(=O)N1[C@@H]3c1cccc(O)c1. The highest BCUT2D eigenvalue weighted by Crippen LogP contribution is 2.49. The molecule has 2 aromatic carbocycles. The normalized spacial score (nSPS) is 23.9. The van der Waals surface area contributed by atoms with E-state index >= 15 is 0 Å². The number of aromatic amines is 1. The smallest absolute Gasteiger partial charge is 0.328 e. The van der Waals surface area contributed by atoms with Crippen LogP contribution in [0.25, 0.3) is 10.9 Å². The molecule has 0 radical (unpaired) electrons. The van der Waals surface area contributed by atoms with E-state index < -0.39 is 11.6 Å². The number of fused-ring (bicyclic) bond motifs is 4. The third kappa shape index (κ3) is 3.24. The minimum atomic E-state index is -1.04. The highest BCUT2D eigenvalue weighted by Gasteiger charge is 2.60. The molecule has 8 nitrogen and oxygen atoms in total. The first-order valence-electron chi connectivity index (χ1n) is 11.9. The predicted molar refractivity (Wildman–Crippen MR) is 131 cm³/mol. The van der Waals surface area contributed by atoms with Crippen molar-refractivity contribution in [2.24, 2.45) is 0 Å². The van der Waals surface area contributed by atoms with Gasteiger partial charge < -0.3 is 14.8 Å². The first-order valence-corrected chi connectivity index (χ1v) is 11.9. The van der Waals surface area contributed by atoms with Crippen LogP contribution in [-0.2, 0) is 11.2 Å². The summed E-state index contributed by atoms with van der Waals surface area (Å²) in [5.74, 6) is 0.670. The molecule has 0 saturated carbocycles. The molecule has 3 amide bonds. The maximum absolute atomic E-state index is 13.9. The van der Waals surface area contributed by atoms with E-state index in [1.807, 2.05) is 31.2 Å². The molecular weight excluding hydrogens is 444 g/mol. The van der Waals surface area contributed by atoms with Gasteiger partial charge in [-0.25, -0.2) is 4.79 Å². The summed E-state index contributed by atoms with van der Waals surface area (Å²) in [6.45, 7) is 4.52. The van der Waals surface area contributed by atoms with Crippen molar-refractivity contribution in [3.63, 3.8) is 0 Å². The lowest BCUT2D eigenvalue weighted by Crippen LogP contribution is -2.53. The summed E-state index contributed by atoms with van der Waals surface area (Å²) in [7, 11) is 1.63. The summed E-state index contributed by atoms with van der Waals surface area (Å²) in [6, 6.07) is 11.9. The molecule has 2 N–H and O–H groups in total. The molecule has 3 aliphatic heterocycles. The van der Waals surface area contributed by atoms with Crippen molar-refractivity contribution in [2.75, 3.05) is 33.3 Å². The van der Waals surface area contributed by atoms with Crippen LogP contribution in [0.5, 0.6) is 11.5 Å². The zero-order valence-electron chi connectivity index (χ0n) is 19.8. The Hall–Kier alpha value is -3.78. The number of aromatic nitrogens is 1. The van der Waals surface area contributed by atoms with Crippen LogP contribution in [0.4, 0.5) is 4.79 Å². The summed E-state index contributed by atoms with van der Waals surface area (Å²) in [4.78, 5) is 36.5. The predicted octanol–water partition coefficient (Wildman–Crippen LogP) is 3.42. The quantitative estimate of drug-likeness (QED) is 0.439. The summed E-state index contributed by atoms with van der Waals surface area (Å²) in [5, 5.41) is 11.2. The molecular formula is C27H28N4O4. The average Bonchev–Trinajstić information content (AvgIpc) is 3.54. The summed E-state index contributed by atoms with van der Waals surface area (Å²) in [6.07, 6.45) is 4.60. The van der Waals surface area contributed by atoms with Crippen LogP contribution in [0.1, 0.15) is 29.8 Å². The number of carbonyl (C=O) groups is 2. The fourth-order valence-electron chi connectivity index (χ4n) is 5.80. The number of hydrogen-bond acceptors (Lipinski definition) is 5. The minimum absolute atomic E-state index is 0.116. The van der Waals surface area contributed by atoms with E-state index in [4.69, 9.17) is 4.74 Å². The number of hydrogen-bond donors (Lipinski definition) is 2. The van der Waals surface area contributed by atoms with Crippen LogP contribution in [0.15, 0.2) is 54.6 Å². The van der Waals surface area contributed by atoms with Crippen LogP contribution in [0, 0.1) is 0 Å². The number of methoxy groups -OCH3 is 1. The van der Waals surface area contributed by atoms with Gasteiger partial charge >= 0.3 is 6.03 Å². The first-order chi connectivity index (χ1) is 16.9. The number of benzene rings is 2. The monoisotopic (exact) mass is 472 g/mol. The largest absolute Gasteiger partial charge is 0.508 e. The fraction of sp³-hybridized carbons (Fsp3) is 0.333. The second kappa shape index (κ2) is 7.88. The molecule has 3 aromatic rings. The van der Waals surface area contributed by atoms with Gasteiger partial charge in [0.2, 0.25) is 0 Å². The zero-order chi connectivity index (χ0) is 24.3. The van der Waals surface area contributed by atoms with Crippen LogP contribution in [0.3, 0.4) is 0 Å². The van der Waals surface area contributed by atoms with E-state index in [1.165, 1.54) is 4.90 Å². The highest BCUT2D eigenvalue weighted by atomic mass is 16.5. The van der Waals surface area contributed by atoms with Gasteiger partial charge in [-0.15, -0.1) is 0 Å². The Morgan fingerprint density at radius 1 is 1.11 bits per heavy atom. The molecule has 2 atom stereocenters. The molecule has 0 bridgehead atoms. The second-order valence-corrected chi connectivity index (χ2v) is 9.72. The van der Waals surface area contributed by atoms with Gasteiger partial charge in [0.25, 0.3) is 5.91 Å². The lowest BCUT2D eigenvalue weighted by atomic mass is 9.81. The first kappa shape index (κ1) is 21.7. The van der Waals surface area contributed by atoms with Gasteiger partial charge in [0, 0.05) is 49.2 Å². The van der Waals surface area contributed by atoms with E-state index in [0.717, 1.165) is 46.6 Å². The fourth-order valence-corrected chi connectivity index (χ4v) is 5.80. The van der Waals surface area contributed by atoms with Gasteiger partial charge in [-0.3, -0.25) is 19.5 Å². The average molecular weight is 473 g/mol. The van der Waals surface area contributed by atoms with Crippen molar-refractivity contribution in [3.8, 4) is 11.5 Å². The Kier molecular flexibility index (Phi) is 4.89. The van der Waals surface area contributed by atoms with Crippen LogP contribution >= 0.6 is 0 Å². The van der Waals surface area contributed by atoms with Crippen molar-refractivity contribution in [1.29, 1.82) is 0 Å². The van der Waals surface area contributed by atoms with Crippen molar-refractivity contribution < 1.29 is 19.4 Å². The van der Waals surface area contributed by atoms with Gasteiger partial charge in [-0.1, -0.05) is 24.3 Å². The number of H-pyrrole nitrogens is 1. The van der Waals surface area contributed by atoms with Gasteiger partial charge in [-0.2, -0.15) is 0 Å². The lowest BCUT2D eigenvalue weighted by molar-refractivity contribution is -0.133. The summed E-state index contributed by atoms with van der Waals surface area (Å²) >= 11 is 0.